The van der Waals surface area contributed by atoms with Crippen LogP contribution in [0.5, 0.6) is 0 Å². The van der Waals surface area contributed by atoms with Crippen LogP contribution in [0.1, 0.15) is 42.5 Å². The number of carbonyl (C=O) groups excluding carboxylic acids is 3. The van der Waals surface area contributed by atoms with Gasteiger partial charge in [0.2, 0.25) is 17.7 Å². The van der Waals surface area contributed by atoms with E-state index in [-0.39, 0.29) is 43.1 Å². The van der Waals surface area contributed by atoms with Crippen LogP contribution in [0.2, 0.25) is 0 Å². The van der Waals surface area contributed by atoms with Crippen LogP contribution < -0.4 is 0 Å². The second-order valence-corrected chi connectivity index (χ2v) is 11.6. The molecule has 2 fully saturated rings. The zero-order chi connectivity index (χ0) is 28.3. The molecule has 5 rings (SSSR count). The van der Waals surface area contributed by atoms with Gasteiger partial charge in [0.05, 0.1) is 34.5 Å². The van der Waals surface area contributed by atoms with Gasteiger partial charge in [0.15, 0.2) is 0 Å². The van der Waals surface area contributed by atoms with Gasteiger partial charge in [-0.2, -0.15) is 13.2 Å². The second-order valence-electron chi connectivity index (χ2n) is 10.5. The SMILES string of the molecule is Cc1cc(C(F)(F)F)nc(-c2ccnc3cc(CN4C(=O)C(C)C(C)(C)C4=O)sc23)c1CN1CCOCC1=O. The number of aryl methyl sites for hydroxylation is 1. The summed E-state index contributed by atoms with van der Waals surface area (Å²) >= 11 is 1.26. The Labute approximate surface area is 226 Å². The van der Waals surface area contributed by atoms with E-state index < -0.39 is 23.2 Å². The molecule has 0 aliphatic carbocycles. The van der Waals surface area contributed by atoms with Crippen molar-refractivity contribution in [1.82, 2.24) is 19.8 Å². The number of imide groups is 1. The molecule has 3 aromatic rings. The smallest absolute Gasteiger partial charge is 0.370 e. The van der Waals surface area contributed by atoms with Crippen molar-refractivity contribution in [3.8, 4) is 11.3 Å². The number of likely N-dealkylation sites (tertiary alicyclic amines) is 1. The molecule has 0 radical (unpaired) electrons. The summed E-state index contributed by atoms with van der Waals surface area (Å²) in [6, 6.07) is 4.34. The van der Waals surface area contributed by atoms with Gasteiger partial charge < -0.3 is 9.64 Å². The molecule has 0 spiro atoms. The van der Waals surface area contributed by atoms with Crippen molar-refractivity contribution in [2.75, 3.05) is 19.8 Å². The summed E-state index contributed by atoms with van der Waals surface area (Å²) < 4.78 is 47.2. The number of rotatable bonds is 5. The van der Waals surface area contributed by atoms with Crippen molar-refractivity contribution in [3.05, 3.63) is 46.1 Å². The maximum absolute atomic E-state index is 13.8. The maximum atomic E-state index is 13.8. The van der Waals surface area contributed by atoms with Crippen LogP contribution in [0, 0.1) is 18.3 Å². The number of hydrogen-bond acceptors (Lipinski definition) is 7. The van der Waals surface area contributed by atoms with Gasteiger partial charge in [0, 0.05) is 41.2 Å². The molecule has 0 aromatic carbocycles. The van der Waals surface area contributed by atoms with Crippen LogP contribution >= 0.6 is 11.3 Å². The number of aromatic nitrogens is 2. The lowest BCUT2D eigenvalue weighted by Gasteiger charge is -2.28. The lowest BCUT2D eigenvalue weighted by Crippen LogP contribution is -2.41. The van der Waals surface area contributed by atoms with Crippen LogP contribution in [0.4, 0.5) is 13.2 Å². The number of amides is 3. The standard InChI is InChI=1S/C27H27F3N4O4S/c1-14-9-20(27(28,29)30)32-22(18(14)12-33-7-8-38-13-21(33)35)17-5-6-31-19-10-16(39-23(17)19)11-34-24(36)15(2)26(3,4)25(34)37/h5-6,9-10,15H,7-8,11-13H2,1-4H3. The van der Waals surface area contributed by atoms with Crippen molar-refractivity contribution in [2.24, 2.45) is 11.3 Å². The molecule has 1 unspecified atom stereocenters. The minimum Gasteiger partial charge on any atom is -0.370 e. The average molecular weight is 561 g/mol. The highest BCUT2D eigenvalue weighted by atomic mass is 32.1. The first-order chi connectivity index (χ1) is 18.3. The first kappa shape index (κ1) is 27.2. The van der Waals surface area contributed by atoms with Gasteiger partial charge in [-0.05, 0) is 30.7 Å². The third kappa shape index (κ3) is 4.80. The van der Waals surface area contributed by atoms with Crippen LogP contribution in [-0.4, -0.2) is 57.2 Å². The number of thiophene rings is 1. The molecule has 5 heterocycles. The van der Waals surface area contributed by atoms with Crippen molar-refractivity contribution >= 4 is 39.3 Å². The highest BCUT2D eigenvalue weighted by Crippen LogP contribution is 2.41. The van der Waals surface area contributed by atoms with Crippen LogP contribution in [0.3, 0.4) is 0 Å². The summed E-state index contributed by atoms with van der Waals surface area (Å²) in [5.74, 6) is -1.24. The zero-order valence-electron chi connectivity index (χ0n) is 21.9. The van der Waals surface area contributed by atoms with Gasteiger partial charge in [0.1, 0.15) is 12.3 Å². The summed E-state index contributed by atoms with van der Waals surface area (Å²) in [6.45, 7) is 7.50. The van der Waals surface area contributed by atoms with Crippen LogP contribution in [0.25, 0.3) is 21.5 Å². The van der Waals surface area contributed by atoms with Gasteiger partial charge in [-0.3, -0.25) is 24.3 Å². The molecule has 39 heavy (non-hydrogen) atoms. The lowest BCUT2D eigenvalue weighted by atomic mass is 9.82. The highest BCUT2D eigenvalue weighted by Gasteiger charge is 2.51. The van der Waals surface area contributed by atoms with E-state index in [1.165, 1.54) is 22.4 Å². The number of ether oxygens (including phenoxy) is 1. The molecule has 2 saturated heterocycles. The second kappa shape index (κ2) is 9.67. The van der Waals surface area contributed by atoms with Crippen molar-refractivity contribution in [3.63, 3.8) is 0 Å². The molecule has 0 saturated carbocycles. The Balaban J connectivity index is 1.60. The Morgan fingerprint density at radius 1 is 1.18 bits per heavy atom. The van der Waals surface area contributed by atoms with Gasteiger partial charge in [-0.1, -0.05) is 20.8 Å². The van der Waals surface area contributed by atoms with E-state index in [0.29, 0.717) is 44.9 Å². The first-order valence-corrected chi connectivity index (χ1v) is 13.3. The van der Waals surface area contributed by atoms with Gasteiger partial charge >= 0.3 is 6.18 Å². The number of alkyl halides is 3. The molecule has 2 aliphatic heterocycles. The maximum Gasteiger partial charge on any atom is 0.433 e. The predicted octanol–water partition coefficient (Wildman–Crippen LogP) is 4.58. The molecular weight excluding hydrogens is 533 g/mol. The number of morpholine rings is 1. The van der Waals surface area contributed by atoms with Gasteiger partial charge in [0.25, 0.3) is 0 Å². The predicted molar refractivity (Wildman–Crippen MR) is 137 cm³/mol. The Morgan fingerprint density at radius 2 is 1.92 bits per heavy atom. The Bertz CT molecular complexity index is 1500. The summed E-state index contributed by atoms with van der Waals surface area (Å²) in [5.41, 5.74) is 0.0866. The minimum absolute atomic E-state index is 0.0517. The van der Waals surface area contributed by atoms with E-state index in [9.17, 15) is 27.6 Å². The third-order valence-corrected chi connectivity index (χ3v) is 8.76. The fourth-order valence-corrected chi connectivity index (χ4v) is 6.03. The molecule has 8 nitrogen and oxygen atoms in total. The summed E-state index contributed by atoms with van der Waals surface area (Å²) in [6.07, 6.45) is -3.17. The summed E-state index contributed by atoms with van der Waals surface area (Å²) in [5, 5.41) is 0. The van der Waals surface area contributed by atoms with Crippen molar-refractivity contribution < 1.29 is 32.3 Å². The Kier molecular flexibility index (Phi) is 6.74. The molecule has 3 amide bonds. The monoisotopic (exact) mass is 560 g/mol. The number of hydrogen-bond donors (Lipinski definition) is 0. The fraction of sp³-hybridized carbons (Fsp3) is 0.444. The van der Waals surface area contributed by atoms with E-state index in [4.69, 9.17) is 4.74 Å². The largest absolute Gasteiger partial charge is 0.433 e. The molecule has 2 aliphatic rings. The van der Waals surface area contributed by atoms with E-state index >= 15 is 0 Å². The Morgan fingerprint density at radius 3 is 2.56 bits per heavy atom. The van der Waals surface area contributed by atoms with Crippen molar-refractivity contribution in [1.29, 1.82) is 0 Å². The summed E-state index contributed by atoms with van der Waals surface area (Å²) in [7, 11) is 0. The van der Waals surface area contributed by atoms with E-state index in [1.54, 1.807) is 44.7 Å². The molecule has 206 valence electrons. The Hall–Kier alpha value is -3.38. The van der Waals surface area contributed by atoms with Crippen LogP contribution in [0.15, 0.2) is 24.4 Å². The van der Waals surface area contributed by atoms with Crippen LogP contribution in [-0.2, 0) is 38.4 Å². The van der Waals surface area contributed by atoms with Gasteiger partial charge in [-0.15, -0.1) is 11.3 Å². The number of carbonyl (C=O) groups is 3. The first-order valence-electron chi connectivity index (χ1n) is 12.5. The average Bonchev–Trinajstić information content (AvgIpc) is 3.35. The quantitative estimate of drug-likeness (QED) is 0.425. The molecular formula is C27H27F3N4O4S. The number of nitrogens with zero attached hydrogens (tertiary/aromatic N) is 4. The van der Waals surface area contributed by atoms with E-state index in [2.05, 4.69) is 9.97 Å². The highest BCUT2D eigenvalue weighted by molar-refractivity contribution is 7.19. The van der Waals surface area contributed by atoms with E-state index in [1.807, 2.05) is 0 Å². The summed E-state index contributed by atoms with van der Waals surface area (Å²) in [4.78, 5) is 50.0. The minimum atomic E-state index is -4.67. The zero-order valence-corrected chi connectivity index (χ0v) is 22.7. The topological polar surface area (TPSA) is 92.7 Å². The molecule has 0 bridgehead atoms. The molecule has 1 atom stereocenters. The number of pyridine rings is 2. The molecule has 0 N–H and O–H groups in total. The van der Waals surface area contributed by atoms with Crippen molar-refractivity contribution in [2.45, 2.75) is 47.0 Å². The molecule has 12 heteroatoms. The number of fused-ring (bicyclic) bond motifs is 1. The third-order valence-electron chi connectivity index (χ3n) is 7.62. The lowest BCUT2D eigenvalue weighted by molar-refractivity contribution is -0.144. The normalized spacial score (nSPS) is 20.0. The van der Waals surface area contributed by atoms with E-state index in [0.717, 1.165) is 6.07 Å². The van der Waals surface area contributed by atoms with Gasteiger partial charge in [-0.25, -0.2) is 4.98 Å². The molecule has 3 aromatic heterocycles. The fourth-order valence-electron chi connectivity index (χ4n) is 4.91. The number of halogens is 3.